The Hall–Kier alpha value is -2.69. The van der Waals surface area contributed by atoms with E-state index in [1.807, 2.05) is 31.2 Å². The Morgan fingerprint density at radius 1 is 0.968 bits per heavy atom. The van der Waals surface area contributed by atoms with E-state index in [0.29, 0.717) is 19.1 Å². The Bertz CT molecular complexity index is 834. The van der Waals surface area contributed by atoms with Crippen LogP contribution < -0.4 is 14.2 Å². The topological polar surface area (TPSA) is 48.0 Å². The number of rotatable bonds is 10. The van der Waals surface area contributed by atoms with Crippen molar-refractivity contribution in [3.63, 3.8) is 0 Å². The number of benzene rings is 2. The molecule has 0 N–H and O–H groups in total. The molecule has 2 aromatic rings. The highest BCUT2D eigenvalue weighted by molar-refractivity contribution is 5.77. The molecule has 0 radical (unpaired) electrons. The molecule has 1 fully saturated rings. The second-order valence-electron chi connectivity index (χ2n) is 8.04. The van der Waals surface area contributed by atoms with Crippen molar-refractivity contribution in [2.45, 2.75) is 57.9 Å². The largest absolute Gasteiger partial charge is 0.494 e. The third-order valence-corrected chi connectivity index (χ3v) is 6.02. The molecule has 31 heavy (non-hydrogen) atoms. The third kappa shape index (κ3) is 6.39. The first kappa shape index (κ1) is 23.0. The number of aryl methyl sites for hydroxylation is 2. The van der Waals surface area contributed by atoms with Gasteiger partial charge < -0.3 is 19.1 Å². The number of ether oxygens (including phenoxy) is 3. The number of likely N-dealkylation sites (tertiary alicyclic amines) is 1. The summed E-state index contributed by atoms with van der Waals surface area (Å²) in [5.74, 6) is 2.65. The van der Waals surface area contributed by atoms with Crippen LogP contribution in [0.15, 0.2) is 42.5 Å². The van der Waals surface area contributed by atoms with E-state index in [2.05, 4.69) is 23.1 Å². The van der Waals surface area contributed by atoms with E-state index in [-0.39, 0.29) is 5.91 Å². The fraction of sp³-hybridized carbons (Fsp3) is 0.500. The summed E-state index contributed by atoms with van der Waals surface area (Å²) >= 11 is 0. The Labute approximate surface area is 186 Å². The van der Waals surface area contributed by atoms with Gasteiger partial charge in [0, 0.05) is 19.0 Å². The zero-order chi connectivity index (χ0) is 22.1. The van der Waals surface area contributed by atoms with E-state index in [1.54, 1.807) is 14.2 Å². The highest BCUT2D eigenvalue weighted by Crippen LogP contribution is 2.29. The van der Waals surface area contributed by atoms with Gasteiger partial charge in [-0.2, -0.15) is 0 Å². The maximum atomic E-state index is 13.0. The summed E-state index contributed by atoms with van der Waals surface area (Å²) in [5.41, 5.74) is 2.39. The SMILES string of the molecule is CCOc1ccc(CCC(=O)N2CCCCC2CCc2ccc(OC)c(OC)c2)cc1. The molecule has 5 heteroatoms. The first-order valence-corrected chi connectivity index (χ1v) is 11.4. The fourth-order valence-corrected chi connectivity index (χ4v) is 4.31. The van der Waals surface area contributed by atoms with Gasteiger partial charge in [-0.3, -0.25) is 4.79 Å². The maximum absolute atomic E-state index is 13.0. The Morgan fingerprint density at radius 3 is 2.42 bits per heavy atom. The Kier molecular flexibility index (Phi) is 8.63. The van der Waals surface area contributed by atoms with Crippen molar-refractivity contribution >= 4 is 5.91 Å². The van der Waals surface area contributed by atoms with Crippen molar-refractivity contribution in [2.24, 2.45) is 0 Å². The van der Waals surface area contributed by atoms with Crippen LogP contribution in [0.4, 0.5) is 0 Å². The van der Waals surface area contributed by atoms with Crippen LogP contribution in [0.25, 0.3) is 0 Å². The van der Waals surface area contributed by atoms with Crippen molar-refractivity contribution in [1.29, 1.82) is 0 Å². The number of nitrogens with zero attached hydrogens (tertiary/aromatic N) is 1. The highest BCUT2D eigenvalue weighted by Gasteiger charge is 2.26. The zero-order valence-corrected chi connectivity index (χ0v) is 19.1. The van der Waals surface area contributed by atoms with Gasteiger partial charge in [0.15, 0.2) is 11.5 Å². The van der Waals surface area contributed by atoms with E-state index in [1.165, 1.54) is 17.5 Å². The van der Waals surface area contributed by atoms with Gasteiger partial charge in [0.25, 0.3) is 0 Å². The average molecular weight is 426 g/mol. The predicted molar refractivity (Wildman–Crippen MR) is 123 cm³/mol. The minimum absolute atomic E-state index is 0.269. The third-order valence-electron chi connectivity index (χ3n) is 6.02. The number of carbonyl (C=O) groups excluding carboxylic acids is 1. The van der Waals surface area contributed by atoms with E-state index in [0.717, 1.165) is 55.9 Å². The molecule has 1 saturated heterocycles. The lowest BCUT2D eigenvalue weighted by molar-refractivity contribution is -0.135. The minimum atomic E-state index is 0.269. The Morgan fingerprint density at radius 2 is 1.71 bits per heavy atom. The molecule has 1 unspecified atom stereocenters. The molecule has 0 aromatic heterocycles. The van der Waals surface area contributed by atoms with Crippen LogP contribution in [0.3, 0.4) is 0 Å². The van der Waals surface area contributed by atoms with Crippen LogP contribution in [-0.4, -0.2) is 44.2 Å². The van der Waals surface area contributed by atoms with Gasteiger partial charge in [0.2, 0.25) is 5.91 Å². The van der Waals surface area contributed by atoms with Gasteiger partial charge in [-0.15, -0.1) is 0 Å². The van der Waals surface area contributed by atoms with Crippen LogP contribution in [0.2, 0.25) is 0 Å². The molecule has 2 aromatic carbocycles. The average Bonchev–Trinajstić information content (AvgIpc) is 2.82. The van der Waals surface area contributed by atoms with Gasteiger partial charge in [-0.05, 0) is 80.8 Å². The van der Waals surface area contributed by atoms with Gasteiger partial charge in [-0.25, -0.2) is 0 Å². The summed E-state index contributed by atoms with van der Waals surface area (Å²) in [5, 5.41) is 0. The predicted octanol–water partition coefficient (Wildman–Crippen LogP) is 5.05. The minimum Gasteiger partial charge on any atom is -0.494 e. The standard InChI is InChI=1S/C26H35NO4/c1-4-31-23-14-9-20(10-15-23)12-17-26(28)27-18-6-5-7-22(27)13-8-21-11-16-24(29-2)25(19-21)30-3/h9-11,14-16,19,22H,4-8,12-13,17-18H2,1-3H3. The normalized spacial score (nSPS) is 16.1. The van der Waals surface area contributed by atoms with Crippen molar-refractivity contribution < 1.29 is 19.0 Å². The number of piperidine rings is 1. The summed E-state index contributed by atoms with van der Waals surface area (Å²) in [6.45, 7) is 3.52. The lowest BCUT2D eigenvalue weighted by atomic mass is 9.95. The molecule has 3 rings (SSSR count). The monoisotopic (exact) mass is 425 g/mol. The first-order valence-electron chi connectivity index (χ1n) is 11.4. The number of carbonyl (C=O) groups is 1. The van der Waals surface area contributed by atoms with E-state index < -0.39 is 0 Å². The molecule has 1 atom stereocenters. The van der Waals surface area contributed by atoms with Crippen LogP contribution >= 0.6 is 0 Å². The summed E-state index contributed by atoms with van der Waals surface area (Å²) in [6.07, 6.45) is 6.60. The number of hydrogen-bond acceptors (Lipinski definition) is 4. The van der Waals surface area contributed by atoms with Crippen molar-refractivity contribution in [2.75, 3.05) is 27.4 Å². The number of hydrogen-bond donors (Lipinski definition) is 0. The second-order valence-corrected chi connectivity index (χ2v) is 8.04. The summed E-state index contributed by atoms with van der Waals surface area (Å²) < 4.78 is 16.3. The summed E-state index contributed by atoms with van der Waals surface area (Å²) in [7, 11) is 3.31. The molecule has 5 nitrogen and oxygen atoms in total. The maximum Gasteiger partial charge on any atom is 0.223 e. The Balaban J connectivity index is 1.55. The van der Waals surface area contributed by atoms with E-state index in [9.17, 15) is 4.79 Å². The number of methoxy groups -OCH3 is 2. The van der Waals surface area contributed by atoms with Gasteiger partial charge in [-0.1, -0.05) is 18.2 Å². The molecule has 1 amide bonds. The van der Waals surface area contributed by atoms with Crippen molar-refractivity contribution in [3.05, 3.63) is 53.6 Å². The van der Waals surface area contributed by atoms with E-state index in [4.69, 9.17) is 14.2 Å². The summed E-state index contributed by atoms with van der Waals surface area (Å²) in [6, 6.07) is 14.5. The fourth-order valence-electron chi connectivity index (χ4n) is 4.31. The smallest absolute Gasteiger partial charge is 0.223 e. The summed E-state index contributed by atoms with van der Waals surface area (Å²) in [4.78, 5) is 15.1. The molecule has 1 heterocycles. The molecular weight excluding hydrogens is 390 g/mol. The second kappa shape index (κ2) is 11.6. The van der Waals surface area contributed by atoms with Crippen LogP contribution in [0, 0.1) is 0 Å². The van der Waals surface area contributed by atoms with Crippen LogP contribution in [-0.2, 0) is 17.6 Å². The van der Waals surface area contributed by atoms with Crippen LogP contribution in [0.5, 0.6) is 17.2 Å². The zero-order valence-electron chi connectivity index (χ0n) is 19.1. The van der Waals surface area contributed by atoms with Crippen molar-refractivity contribution in [3.8, 4) is 17.2 Å². The quantitative estimate of drug-likeness (QED) is 0.534. The highest BCUT2D eigenvalue weighted by atomic mass is 16.5. The van der Waals surface area contributed by atoms with Gasteiger partial charge in [0.05, 0.1) is 20.8 Å². The van der Waals surface area contributed by atoms with Crippen molar-refractivity contribution in [1.82, 2.24) is 4.90 Å². The molecular formula is C26H35NO4. The lowest BCUT2D eigenvalue weighted by Crippen LogP contribution is -2.44. The molecule has 0 aliphatic carbocycles. The molecule has 0 saturated carbocycles. The molecule has 0 bridgehead atoms. The first-order chi connectivity index (χ1) is 15.1. The molecule has 1 aliphatic heterocycles. The number of amides is 1. The van der Waals surface area contributed by atoms with Gasteiger partial charge in [0.1, 0.15) is 5.75 Å². The van der Waals surface area contributed by atoms with E-state index >= 15 is 0 Å². The van der Waals surface area contributed by atoms with Gasteiger partial charge >= 0.3 is 0 Å². The lowest BCUT2D eigenvalue weighted by Gasteiger charge is -2.36. The van der Waals surface area contributed by atoms with Crippen LogP contribution in [0.1, 0.15) is 50.2 Å². The molecule has 0 spiro atoms. The molecule has 168 valence electrons. The molecule has 1 aliphatic rings.